The second kappa shape index (κ2) is 4.99. The van der Waals surface area contributed by atoms with E-state index in [1.807, 2.05) is 6.07 Å². The molecule has 1 aliphatic carbocycles. The van der Waals surface area contributed by atoms with Crippen LogP contribution in [0.4, 0.5) is 4.39 Å². The van der Waals surface area contributed by atoms with Gasteiger partial charge < -0.3 is 0 Å². The summed E-state index contributed by atoms with van der Waals surface area (Å²) in [5.41, 5.74) is 1.50. The molecule has 0 atom stereocenters. The molecule has 16 heavy (non-hydrogen) atoms. The van der Waals surface area contributed by atoms with Crippen molar-refractivity contribution in [2.24, 2.45) is 0 Å². The van der Waals surface area contributed by atoms with Crippen LogP contribution in [-0.2, 0) is 5.41 Å². The lowest BCUT2D eigenvalue weighted by Gasteiger charge is -2.38. The Labute approximate surface area is 97.9 Å². The smallest absolute Gasteiger partial charge is 0.123 e. The van der Waals surface area contributed by atoms with E-state index in [9.17, 15) is 4.39 Å². The quantitative estimate of drug-likeness (QED) is 0.684. The van der Waals surface area contributed by atoms with Crippen molar-refractivity contribution in [2.75, 3.05) is 0 Å². The third-order valence-corrected chi connectivity index (χ3v) is 3.98. The number of hydrogen-bond acceptors (Lipinski definition) is 0. The molecule has 88 valence electrons. The number of hydrogen-bond donors (Lipinski definition) is 0. The first-order chi connectivity index (χ1) is 7.77. The van der Waals surface area contributed by atoms with Crippen molar-refractivity contribution in [3.63, 3.8) is 0 Å². The molecule has 0 heterocycles. The van der Waals surface area contributed by atoms with Crippen molar-refractivity contribution in [1.29, 1.82) is 0 Å². The van der Waals surface area contributed by atoms with Gasteiger partial charge in [0.25, 0.3) is 0 Å². The van der Waals surface area contributed by atoms with Crippen LogP contribution in [0.1, 0.15) is 57.4 Å². The normalized spacial score (nSPS) is 19.6. The summed E-state index contributed by atoms with van der Waals surface area (Å²) in [7, 11) is 0. The van der Waals surface area contributed by atoms with Gasteiger partial charge in [0.05, 0.1) is 0 Å². The molecular weight excluding hydrogens is 199 g/mol. The minimum absolute atomic E-state index is 0.0847. The molecule has 0 unspecified atom stereocenters. The molecule has 1 heteroatoms. The van der Waals surface area contributed by atoms with Gasteiger partial charge in [-0.1, -0.05) is 44.7 Å². The van der Waals surface area contributed by atoms with E-state index in [1.54, 1.807) is 12.1 Å². The molecule has 0 saturated heterocycles. The monoisotopic (exact) mass is 220 g/mol. The fraction of sp³-hybridized carbons (Fsp3) is 0.600. The Hall–Kier alpha value is -0.850. The predicted octanol–water partition coefficient (Wildman–Crippen LogP) is 4.83. The number of rotatable bonds is 3. The van der Waals surface area contributed by atoms with Crippen LogP contribution in [0.25, 0.3) is 0 Å². The summed E-state index contributed by atoms with van der Waals surface area (Å²) in [5, 5.41) is 0. The van der Waals surface area contributed by atoms with E-state index in [2.05, 4.69) is 13.0 Å². The van der Waals surface area contributed by atoms with Gasteiger partial charge in [0.15, 0.2) is 0 Å². The maximum absolute atomic E-state index is 13.3. The van der Waals surface area contributed by atoms with E-state index in [4.69, 9.17) is 0 Å². The van der Waals surface area contributed by atoms with E-state index in [0.29, 0.717) is 0 Å². The van der Waals surface area contributed by atoms with Crippen molar-refractivity contribution in [3.05, 3.63) is 35.6 Å². The molecule has 1 aromatic rings. The van der Waals surface area contributed by atoms with Crippen molar-refractivity contribution in [3.8, 4) is 0 Å². The molecule has 1 fully saturated rings. The van der Waals surface area contributed by atoms with E-state index < -0.39 is 0 Å². The molecular formula is C15H21F. The summed E-state index contributed by atoms with van der Waals surface area (Å²) in [6.45, 7) is 2.23. The zero-order chi connectivity index (χ0) is 11.4. The topological polar surface area (TPSA) is 0 Å². The minimum Gasteiger partial charge on any atom is -0.207 e. The number of benzene rings is 1. The second-order valence-corrected chi connectivity index (χ2v) is 5.10. The van der Waals surface area contributed by atoms with Crippen molar-refractivity contribution in [1.82, 2.24) is 0 Å². The van der Waals surface area contributed by atoms with Crippen LogP contribution in [0, 0.1) is 5.82 Å². The second-order valence-electron chi connectivity index (χ2n) is 5.10. The first-order valence-electron chi connectivity index (χ1n) is 6.53. The van der Waals surface area contributed by atoms with Gasteiger partial charge >= 0.3 is 0 Å². The van der Waals surface area contributed by atoms with Crippen LogP contribution >= 0.6 is 0 Å². The predicted molar refractivity (Wildman–Crippen MR) is 66.1 cm³/mol. The third kappa shape index (κ3) is 2.28. The molecule has 0 bridgehead atoms. The maximum Gasteiger partial charge on any atom is 0.123 e. The Morgan fingerprint density at radius 1 is 1.19 bits per heavy atom. The van der Waals surface area contributed by atoms with Crippen LogP contribution in [0.2, 0.25) is 0 Å². The van der Waals surface area contributed by atoms with Gasteiger partial charge in [0.2, 0.25) is 0 Å². The highest BCUT2D eigenvalue weighted by molar-refractivity contribution is 5.26. The molecule has 0 aliphatic heterocycles. The first kappa shape index (κ1) is 11.6. The molecule has 0 radical (unpaired) electrons. The van der Waals surface area contributed by atoms with Gasteiger partial charge in [-0.25, -0.2) is 4.39 Å². The van der Waals surface area contributed by atoms with E-state index in [-0.39, 0.29) is 11.2 Å². The lowest BCUT2D eigenvalue weighted by molar-refractivity contribution is 0.271. The highest BCUT2D eigenvalue weighted by Gasteiger charge is 2.32. The lowest BCUT2D eigenvalue weighted by atomic mass is 9.67. The summed E-state index contributed by atoms with van der Waals surface area (Å²) < 4.78 is 13.3. The molecule has 1 saturated carbocycles. The summed E-state index contributed by atoms with van der Waals surface area (Å²) in [5.74, 6) is -0.0847. The van der Waals surface area contributed by atoms with Crippen molar-refractivity contribution >= 4 is 0 Å². The molecule has 0 spiro atoms. The first-order valence-corrected chi connectivity index (χ1v) is 6.53. The van der Waals surface area contributed by atoms with Gasteiger partial charge in [-0.05, 0) is 42.4 Å². The Bertz CT molecular complexity index is 332. The Balaban J connectivity index is 2.30. The zero-order valence-corrected chi connectivity index (χ0v) is 10.1. The molecule has 1 aromatic carbocycles. The van der Waals surface area contributed by atoms with Crippen LogP contribution < -0.4 is 0 Å². The molecule has 0 N–H and O–H groups in total. The van der Waals surface area contributed by atoms with E-state index in [0.717, 1.165) is 0 Å². The Morgan fingerprint density at radius 3 is 2.56 bits per heavy atom. The highest BCUT2D eigenvalue weighted by Crippen LogP contribution is 2.43. The summed E-state index contributed by atoms with van der Waals surface area (Å²) in [6.07, 6.45) is 8.83. The van der Waals surface area contributed by atoms with Crippen LogP contribution in [0.5, 0.6) is 0 Å². The van der Waals surface area contributed by atoms with Crippen LogP contribution in [-0.4, -0.2) is 0 Å². The largest absolute Gasteiger partial charge is 0.207 e. The summed E-state index contributed by atoms with van der Waals surface area (Å²) in [4.78, 5) is 0. The average Bonchev–Trinajstić information content (AvgIpc) is 2.31. The fourth-order valence-electron chi connectivity index (χ4n) is 3.21. The van der Waals surface area contributed by atoms with Gasteiger partial charge in [0, 0.05) is 0 Å². The fourth-order valence-corrected chi connectivity index (χ4v) is 3.21. The van der Waals surface area contributed by atoms with Crippen LogP contribution in [0.3, 0.4) is 0 Å². The number of halogens is 1. The average molecular weight is 220 g/mol. The standard InChI is InChI=1S/C15H21F/c1-2-9-15(10-4-3-5-11-15)13-7-6-8-14(16)12-13/h6-8,12H,2-5,9-11H2,1H3. The van der Waals surface area contributed by atoms with Crippen molar-refractivity contribution in [2.45, 2.75) is 57.3 Å². The van der Waals surface area contributed by atoms with E-state index >= 15 is 0 Å². The minimum atomic E-state index is -0.0847. The van der Waals surface area contributed by atoms with E-state index in [1.165, 1.54) is 50.5 Å². The van der Waals surface area contributed by atoms with Gasteiger partial charge in [-0.2, -0.15) is 0 Å². The van der Waals surface area contributed by atoms with Gasteiger partial charge in [-0.3, -0.25) is 0 Å². The molecule has 0 amide bonds. The van der Waals surface area contributed by atoms with Crippen LogP contribution in [0.15, 0.2) is 24.3 Å². The zero-order valence-electron chi connectivity index (χ0n) is 10.1. The molecule has 1 aliphatic rings. The SMILES string of the molecule is CCCC1(c2cccc(F)c2)CCCCC1. The van der Waals surface area contributed by atoms with Crippen molar-refractivity contribution < 1.29 is 4.39 Å². The highest BCUT2D eigenvalue weighted by atomic mass is 19.1. The van der Waals surface area contributed by atoms with Gasteiger partial charge in [0.1, 0.15) is 5.82 Å². The lowest BCUT2D eigenvalue weighted by Crippen LogP contribution is -2.28. The third-order valence-electron chi connectivity index (χ3n) is 3.98. The molecule has 0 nitrogen and oxygen atoms in total. The Kier molecular flexibility index (Phi) is 3.63. The Morgan fingerprint density at radius 2 is 1.94 bits per heavy atom. The van der Waals surface area contributed by atoms with Gasteiger partial charge in [-0.15, -0.1) is 0 Å². The maximum atomic E-state index is 13.3. The molecule has 2 rings (SSSR count). The summed E-state index contributed by atoms with van der Waals surface area (Å²) in [6, 6.07) is 7.27. The molecule has 0 aromatic heterocycles. The summed E-state index contributed by atoms with van der Waals surface area (Å²) >= 11 is 0.